The minimum absolute atomic E-state index is 0.0110. The minimum atomic E-state index is -1.11. The van der Waals surface area contributed by atoms with E-state index in [4.69, 9.17) is 0 Å². The van der Waals surface area contributed by atoms with Crippen molar-refractivity contribution >= 4 is 29.0 Å². The van der Waals surface area contributed by atoms with Crippen LogP contribution >= 0.6 is 11.8 Å². The highest BCUT2D eigenvalue weighted by molar-refractivity contribution is 7.99. The van der Waals surface area contributed by atoms with E-state index in [1.807, 2.05) is 59.5 Å². The molecule has 1 amide bonds. The largest absolute Gasteiger partial charge is 0.305 e. The van der Waals surface area contributed by atoms with Crippen molar-refractivity contribution in [2.45, 2.75) is 22.5 Å². The second-order valence-corrected chi connectivity index (χ2v) is 9.31. The molecule has 34 heavy (non-hydrogen) atoms. The predicted molar refractivity (Wildman–Crippen MR) is 129 cm³/mol. The van der Waals surface area contributed by atoms with E-state index in [0.717, 1.165) is 27.5 Å². The number of nitro groups is 1. The van der Waals surface area contributed by atoms with Crippen molar-refractivity contribution in [1.29, 1.82) is 0 Å². The molecule has 6 rings (SSSR count). The molecule has 9 heteroatoms. The van der Waals surface area contributed by atoms with Crippen LogP contribution in [-0.4, -0.2) is 20.5 Å². The Hall–Kier alpha value is -4.11. The lowest BCUT2D eigenvalue weighted by molar-refractivity contribution is -0.384. The van der Waals surface area contributed by atoms with E-state index in [1.54, 1.807) is 29.2 Å². The number of nitro benzene ring substituents is 1. The second kappa shape index (κ2) is 7.74. The number of amides is 1. The molecule has 168 valence electrons. The zero-order valence-electron chi connectivity index (χ0n) is 17.9. The standard InChI is InChI=1S/C25H19N5O3S/c31-23-25(20-8-4-5-9-21(20)28(23)16-17-6-2-1-3-7-17)22(34-24-26-14-15-29(24)27-25)18-10-12-19(13-11-18)30(32)33/h1-15,22,27H,16H2. The van der Waals surface area contributed by atoms with Crippen molar-refractivity contribution in [2.75, 3.05) is 10.3 Å². The van der Waals surface area contributed by atoms with Gasteiger partial charge in [0.25, 0.3) is 11.6 Å². The Morgan fingerprint density at radius 3 is 2.53 bits per heavy atom. The third-order valence-electron chi connectivity index (χ3n) is 6.31. The van der Waals surface area contributed by atoms with E-state index >= 15 is 0 Å². The molecule has 2 atom stereocenters. The number of rotatable bonds is 4. The van der Waals surface area contributed by atoms with Gasteiger partial charge in [0.2, 0.25) is 0 Å². The normalized spacial score (nSPS) is 20.6. The molecule has 0 bridgehead atoms. The highest BCUT2D eigenvalue weighted by Crippen LogP contribution is 2.57. The van der Waals surface area contributed by atoms with Gasteiger partial charge >= 0.3 is 0 Å². The fourth-order valence-corrected chi connectivity index (χ4v) is 6.06. The van der Waals surface area contributed by atoms with Gasteiger partial charge in [0.05, 0.1) is 22.4 Å². The van der Waals surface area contributed by atoms with Crippen molar-refractivity contribution < 1.29 is 9.72 Å². The molecule has 0 saturated heterocycles. The number of aromatic nitrogens is 2. The molecule has 4 aromatic rings. The topological polar surface area (TPSA) is 93.3 Å². The Balaban J connectivity index is 1.52. The van der Waals surface area contributed by atoms with Gasteiger partial charge in [-0.25, -0.2) is 9.66 Å². The summed E-state index contributed by atoms with van der Waals surface area (Å²) < 4.78 is 1.78. The maximum Gasteiger partial charge on any atom is 0.269 e. The van der Waals surface area contributed by atoms with Gasteiger partial charge in [-0.1, -0.05) is 72.4 Å². The van der Waals surface area contributed by atoms with E-state index in [9.17, 15) is 14.9 Å². The van der Waals surface area contributed by atoms with Crippen LogP contribution in [0.2, 0.25) is 0 Å². The first-order valence-corrected chi connectivity index (χ1v) is 11.6. The fourth-order valence-electron chi connectivity index (χ4n) is 4.76. The van der Waals surface area contributed by atoms with Crippen LogP contribution in [0.4, 0.5) is 11.4 Å². The van der Waals surface area contributed by atoms with E-state index < -0.39 is 15.7 Å². The average molecular weight is 470 g/mol. The number of carbonyl (C=O) groups excluding carboxylic acids is 1. The summed E-state index contributed by atoms with van der Waals surface area (Å²) in [7, 11) is 0. The molecular weight excluding hydrogens is 450 g/mol. The molecule has 2 aliphatic heterocycles. The minimum Gasteiger partial charge on any atom is -0.305 e. The lowest BCUT2D eigenvalue weighted by Gasteiger charge is -2.41. The summed E-state index contributed by atoms with van der Waals surface area (Å²) in [6, 6.07) is 24.1. The summed E-state index contributed by atoms with van der Waals surface area (Å²) in [6.45, 7) is 0.439. The Labute approximate surface area is 199 Å². The number of fused-ring (bicyclic) bond motifs is 3. The van der Waals surface area contributed by atoms with Crippen molar-refractivity contribution in [1.82, 2.24) is 9.66 Å². The quantitative estimate of drug-likeness (QED) is 0.346. The number of anilines is 1. The highest BCUT2D eigenvalue weighted by atomic mass is 32.2. The van der Waals surface area contributed by atoms with E-state index in [-0.39, 0.29) is 11.6 Å². The highest BCUT2D eigenvalue weighted by Gasteiger charge is 2.59. The maximum absolute atomic E-state index is 14.3. The Kier molecular flexibility index (Phi) is 4.66. The van der Waals surface area contributed by atoms with Crippen molar-refractivity contribution in [3.63, 3.8) is 0 Å². The lowest BCUT2D eigenvalue weighted by Crippen LogP contribution is -2.54. The number of hydrogen-bond acceptors (Lipinski definition) is 6. The third kappa shape index (κ3) is 3.01. The summed E-state index contributed by atoms with van der Waals surface area (Å²) >= 11 is 1.47. The van der Waals surface area contributed by atoms with Crippen molar-refractivity contribution in [3.8, 4) is 0 Å². The molecule has 0 fully saturated rings. The van der Waals surface area contributed by atoms with Crippen molar-refractivity contribution in [2.24, 2.45) is 0 Å². The predicted octanol–water partition coefficient (Wildman–Crippen LogP) is 4.62. The van der Waals surface area contributed by atoms with Gasteiger partial charge in [-0.05, 0) is 17.2 Å². The van der Waals surface area contributed by atoms with Crippen LogP contribution in [0.1, 0.15) is 21.9 Å². The number of benzene rings is 3. The number of para-hydroxylation sites is 1. The third-order valence-corrected chi connectivity index (χ3v) is 7.69. The zero-order chi connectivity index (χ0) is 23.3. The SMILES string of the molecule is O=C1N(Cc2ccccc2)c2ccccc2C12Nn1ccnc1SC2c1ccc([N+](=O)[O-])cc1. The van der Waals surface area contributed by atoms with Crippen LogP contribution in [-0.2, 0) is 16.9 Å². The number of imidazole rings is 1. The van der Waals surface area contributed by atoms with Crippen LogP contribution in [0.3, 0.4) is 0 Å². The van der Waals surface area contributed by atoms with Crippen LogP contribution in [0.15, 0.2) is 96.4 Å². The first-order chi connectivity index (χ1) is 16.6. The Bertz CT molecular complexity index is 1410. The smallest absolute Gasteiger partial charge is 0.269 e. The van der Waals surface area contributed by atoms with Gasteiger partial charge in [0, 0.05) is 30.1 Å². The van der Waals surface area contributed by atoms with E-state index in [2.05, 4.69) is 10.4 Å². The molecule has 1 spiro atoms. The number of nitrogens with zero attached hydrogens (tertiary/aromatic N) is 4. The first kappa shape index (κ1) is 20.5. The van der Waals surface area contributed by atoms with E-state index in [0.29, 0.717) is 6.54 Å². The number of non-ortho nitro benzene ring substituents is 1. The summed E-state index contributed by atoms with van der Waals surface area (Å²) in [4.78, 5) is 31.4. The van der Waals surface area contributed by atoms with Gasteiger partial charge in [-0.15, -0.1) is 0 Å². The molecule has 0 saturated carbocycles. The summed E-state index contributed by atoms with van der Waals surface area (Å²) in [5.74, 6) is -0.0762. The number of nitrogens with one attached hydrogen (secondary N) is 1. The molecule has 0 radical (unpaired) electrons. The van der Waals surface area contributed by atoms with Gasteiger partial charge in [0.15, 0.2) is 10.7 Å². The van der Waals surface area contributed by atoms with Gasteiger partial charge in [0.1, 0.15) is 0 Å². The molecule has 0 aliphatic carbocycles. The zero-order valence-corrected chi connectivity index (χ0v) is 18.7. The second-order valence-electron chi connectivity index (χ2n) is 8.24. The number of carbonyl (C=O) groups is 1. The number of hydrogen-bond donors (Lipinski definition) is 1. The molecule has 2 aliphatic rings. The molecule has 8 nitrogen and oxygen atoms in total. The van der Waals surface area contributed by atoms with E-state index in [1.165, 1.54) is 23.9 Å². The maximum atomic E-state index is 14.3. The van der Waals surface area contributed by atoms with Crippen LogP contribution in [0, 0.1) is 10.1 Å². The first-order valence-electron chi connectivity index (χ1n) is 10.8. The van der Waals surface area contributed by atoms with Crippen LogP contribution < -0.4 is 10.3 Å². The molecule has 3 aromatic carbocycles. The average Bonchev–Trinajstić information content (AvgIpc) is 3.42. The fraction of sp³-hybridized carbons (Fsp3) is 0.120. The molecule has 3 heterocycles. The molecule has 1 aromatic heterocycles. The monoisotopic (exact) mass is 469 g/mol. The lowest BCUT2D eigenvalue weighted by atomic mass is 9.84. The summed E-state index contributed by atoms with van der Waals surface area (Å²) in [6.07, 6.45) is 3.49. The van der Waals surface area contributed by atoms with Crippen LogP contribution in [0.25, 0.3) is 0 Å². The summed E-state index contributed by atoms with van der Waals surface area (Å²) in [5, 5.41) is 11.5. The molecule has 2 unspecified atom stereocenters. The van der Waals surface area contributed by atoms with Gasteiger partial charge in [-0.3, -0.25) is 14.9 Å². The molecule has 1 N–H and O–H groups in total. The molecular formula is C25H19N5O3S. The number of thioether (sulfide) groups is 1. The van der Waals surface area contributed by atoms with Gasteiger partial charge < -0.3 is 10.3 Å². The van der Waals surface area contributed by atoms with Crippen LogP contribution in [0.5, 0.6) is 0 Å². The van der Waals surface area contributed by atoms with Gasteiger partial charge in [-0.2, -0.15) is 0 Å². The van der Waals surface area contributed by atoms with Crippen molar-refractivity contribution in [3.05, 3.63) is 118 Å². The summed E-state index contributed by atoms with van der Waals surface area (Å²) in [5.41, 5.74) is 5.92. The Morgan fingerprint density at radius 2 is 1.76 bits per heavy atom. The Morgan fingerprint density at radius 1 is 1.03 bits per heavy atom.